The molecule has 2 fully saturated rings. The third-order valence-electron chi connectivity index (χ3n) is 4.45. The van der Waals surface area contributed by atoms with Crippen molar-refractivity contribution in [3.05, 3.63) is 0 Å². The third-order valence-corrected chi connectivity index (χ3v) is 4.45. The Morgan fingerprint density at radius 3 is 2.63 bits per heavy atom. The number of aliphatic hydroxyl groups is 1. The van der Waals surface area contributed by atoms with Gasteiger partial charge in [-0.05, 0) is 25.8 Å². The predicted octanol–water partition coefficient (Wildman–Crippen LogP) is 0.0305. The summed E-state index contributed by atoms with van der Waals surface area (Å²) < 4.78 is 0. The van der Waals surface area contributed by atoms with Gasteiger partial charge in [0.1, 0.15) is 0 Å². The van der Waals surface area contributed by atoms with Crippen molar-refractivity contribution in [2.24, 2.45) is 11.7 Å². The molecule has 0 aromatic carbocycles. The minimum Gasteiger partial charge on any atom is -0.395 e. The highest BCUT2D eigenvalue weighted by Gasteiger charge is 2.32. The highest BCUT2D eigenvalue weighted by Crippen LogP contribution is 2.25. The lowest BCUT2D eigenvalue weighted by Crippen LogP contribution is -2.46. The zero-order valence-corrected chi connectivity index (χ0v) is 11.8. The van der Waals surface area contributed by atoms with Gasteiger partial charge in [-0.15, -0.1) is 0 Å². The van der Waals surface area contributed by atoms with Crippen molar-refractivity contribution in [2.45, 2.75) is 38.1 Å². The van der Waals surface area contributed by atoms with Crippen LogP contribution in [-0.2, 0) is 4.79 Å². The molecule has 2 aliphatic rings. The summed E-state index contributed by atoms with van der Waals surface area (Å²) in [4.78, 5) is 16.8. The van der Waals surface area contributed by atoms with E-state index in [-0.39, 0.29) is 24.5 Å². The molecule has 1 aliphatic heterocycles. The summed E-state index contributed by atoms with van der Waals surface area (Å²) >= 11 is 0. The smallest absolute Gasteiger partial charge is 0.227 e. The fourth-order valence-corrected chi connectivity index (χ4v) is 3.26. The maximum Gasteiger partial charge on any atom is 0.227 e. The quantitative estimate of drug-likeness (QED) is 0.758. The summed E-state index contributed by atoms with van der Waals surface area (Å²) in [6, 6.07) is 0.0537. The van der Waals surface area contributed by atoms with Crippen LogP contribution < -0.4 is 5.73 Å². The largest absolute Gasteiger partial charge is 0.395 e. The van der Waals surface area contributed by atoms with E-state index in [0.29, 0.717) is 6.54 Å². The van der Waals surface area contributed by atoms with Gasteiger partial charge in [-0.25, -0.2) is 0 Å². The number of carbonyl (C=O) groups is 1. The Morgan fingerprint density at radius 2 is 1.89 bits per heavy atom. The lowest BCUT2D eigenvalue weighted by atomic mass is 9.84. The van der Waals surface area contributed by atoms with Crippen LogP contribution in [0, 0.1) is 5.92 Å². The molecule has 3 N–H and O–H groups in total. The van der Waals surface area contributed by atoms with E-state index in [9.17, 15) is 4.79 Å². The van der Waals surface area contributed by atoms with E-state index >= 15 is 0 Å². The van der Waals surface area contributed by atoms with Crippen molar-refractivity contribution in [3.8, 4) is 0 Å². The average molecular weight is 269 g/mol. The average Bonchev–Trinajstić information content (AvgIpc) is 2.65. The molecule has 2 atom stereocenters. The van der Waals surface area contributed by atoms with Crippen molar-refractivity contribution in [1.29, 1.82) is 0 Å². The van der Waals surface area contributed by atoms with Gasteiger partial charge < -0.3 is 15.7 Å². The number of β-amino-alcohol motifs (C(OH)–C–C–N with tert-alkyl or cyclic N) is 1. The molecule has 1 amide bonds. The van der Waals surface area contributed by atoms with Gasteiger partial charge in [-0.2, -0.15) is 0 Å². The maximum absolute atomic E-state index is 12.6. The van der Waals surface area contributed by atoms with Crippen molar-refractivity contribution in [3.63, 3.8) is 0 Å². The van der Waals surface area contributed by atoms with Crippen LogP contribution in [0.3, 0.4) is 0 Å². The zero-order chi connectivity index (χ0) is 13.7. The Hall–Kier alpha value is -0.650. The highest BCUT2D eigenvalue weighted by molar-refractivity contribution is 5.79. The Balaban J connectivity index is 1.88. The molecule has 1 saturated carbocycles. The molecule has 110 valence electrons. The number of nitrogens with zero attached hydrogens (tertiary/aromatic N) is 2. The van der Waals surface area contributed by atoms with Crippen LogP contribution in [0.5, 0.6) is 0 Å². The fourth-order valence-electron chi connectivity index (χ4n) is 3.26. The van der Waals surface area contributed by atoms with Crippen LogP contribution in [0.1, 0.15) is 32.1 Å². The van der Waals surface area contributed by atoms with Gasteiger partial charge in [-0.1, -0.05) is 12.8 Å². The SMILES string of the molecule is NC1CCCCC1C(=O)N1CCCN(CCO)CC1. The number of nitrogens with two attached hydrogens (primary N) is 1. The standard InChI is InChI=1S/C14H27N3O2/c15-13-5-2-1-4-12(13)14(19)17-7-3-6-16(8-9-17)10-11-18/h12-13,18H,1-11,15H2. The molecule has 1 heterocycles. The monoisotopic (exact) mass is 269 g/mol. The summed E-state index contributed by atoms with van der Waals surface area (Å²) in [5, 5.41) is 8.99. The number of hydrogen-bond acceptors (Lipinski definition) is 4. The molecule has 19 heavy (non-hydrogen) atoms. The first-order valence-electron chi connectivity index (χ1n) is 7.60. The second-order valence-corrected chi connectivity index (χ2v) is 5.80. The Kier molecular flexibility index (Phi) is 5.60. The van der Waals surface area contributed by atoms with Crippen LogP contribution in [0.2, 0.25) is 0 Å². The summed E-state index contributed by atoms with van der Waals surface area (Å²) in [6.07, 6.45) is 5.23. The molecule has 5 nitrogen and oxygen atoms in total. The van der Waals surface area contributed by atoms with Crippen molar-refractivity contribution >= 4 is 5.91 Å². The van der Waals surface area contributed by atoms with Gasteiger partial charge in [-0.3, -0.25) is 9.69 Å². The maximum atomic E-state index is 12.6. The predicted molar refractivity (Wildman–Crippen MR) is 74.7 cm³/mol. The first kappa shape index (κ1) is 14.8. The molecule has 0 aromatic heterocycles. The van der Waals surface area contributed by atoms with Crippen LogP contribution in [0.4, 0.5) is 0 Å². The third kappa shape index (κ3) is 3.91. The normalized spacial score (nSPS) is 30.1. The number of rotatable bonds is 3. The van der Waals surface area contributed by atoms with Gasteiger partial charge in [0.25, 0.3) is 0 Å². The number of aliphatic hydroxyl groups excluding tert-OH is 1. The topological polar surface area (TPSA) is 69.8 Å². The molecular weight excluding hydrogens is 242 g/mol. The molecule has 0 bridgehead atoms. The lowest BCUT2D eigenvalue weighted by Gasteiger charge is -2.32. The van der Waals surface area contributed by atoms with E-state index < -0.39 is 0 Å². The second-order valence-electron chi connectivity index (χ2n) is 5.80. The van der Waals surface area contributed by atoms with Crippen LogP contribution in [-0.4, -0.2) is 66.2 Å². The molecule has 1 aliphatic carbocycles. The van der Waals surface area contributed by atoms with E-state index in [1.54, 1.807) is 0 Å². The Morgan fingerprint density at radius 1 is 1.11 bits per heavy atom. The molecular formula is C14H27N3O2. The molecule has 2 rings (SSSR count). The van der Waals surface area contributed by atoms with E-state index in [0.717, 1.165) is 58.3 Å². The molecule has 2 unspecified atom stereocenters. The van der Waals surface area contributed by atoms with Crippen LogP contribution in [0.25, 0.3) is 0 Å². The van der Waals surface area contributed by atoms with Gasteiger partial charge in [0.05, 0.1) is 12.5 Å². The van der Waals surface area contributed by atoms with Gasteiger partial charge in [0, 0.05) is 32.2 Å². The Bertz CT molecular complexity index is 298. The van der Waals surface area contributed by atoms with Gasteiger partial charge >= 0.3 is 0 Å². The second kappa shape index (κ2) is 7.22. The van der Waals surface area contributed by atoms with E-state index in [2.05, 4.69) is 4.90 Å². The molecule has 5 heteroatoms. The van der Waals surface area contributed by atoms with Gasteiger partial charge in [0.15, 0.2) is 0 Å². The first-order valence-corrected chi connectivity index (χ1v) is 7.60. The molecule has 1 saturated heterocycles. The van der Waals surface area contributed by atoms with E-state index in [1.807, 2.05) is 4.90 Å². The van der Waals surface area contributed by atoms with E-state index in [1.165, 1.54) is 0 Å². The first-order chi connectivity index (χ1) is 9.22. The molecule has 0 radical (unpaired) electrons. The van der Waals surface area contributed by atoms with E-state index in [4.69, 9.17) is 10.8 Å². The summed E-state index contributed by atoms with van der Waals surface area (Å²) in [7, 11) is 0. The van der Waals surface area contributed by atoms with Crippen molar-refractivity contribution < 1.29 is 9.90 Å². The van der Waals surface area contributed by atoms with Gasteiger partial charge in [0.2, 0.25) is 5.91 Å². The van der Waals surface area contributed by atoms with Crippen LogP contribution in [0.15, 0.2) is 0 Å². The van der Waals surface area contributed by atoms with Crippen LogP contribution >= 0.6 is 0 Å². The molecule has 0 spiro atoms. The fraction of sp³-hybridized carbons (Fsp3) is 0.929. The molecule has 0 aromatic rings. The highest BCUT2D eigenvalue weighted by atomic mass is 16.3. The minimum absolute atomic E-state index is 0.0399. The zero-order valence-electron chi connectivity index (χ0n) is 11.8. The summed E-state index contributed by atoms with van der Waals surface area (Å²) in [6.45, 7) is 4.37. The lowest BCUT2D eigenvalue weighted by molar-refractivity contribution is -0.137. The number of hydrogen-bond donors (Lipinski definition) is 2. The summed E-state index contributed by atoms with van der Waals surface area (Å²) in [5.41, 5.74) is 6.11. The Labute approximate surface area is 115 Å². The van der Waals surface area contributed by atoms with Crippen molar-refractivity contribution in [2.75, 3.05) is 39.3 Å². The number of amides is 1. The number of carbonyl (C=O) groups excluding carboxylic acids is 1. The minimum atomic E-state index is 0.0399. The summed E-state index contributed by atoms with van der Waals surface area (Å²) in [5.74, 6) is 0.302. The van der Waals surface area contributed by atoms with Crippen molar-refractivity contribution in [1.82, 2.24) is 9.80 Å².